The van der Waals surface area contributed by atoms with E-state index in [4.69, 9.17) is 42.6 Å². The first-order valence-corrected chi connectivity index (χ1v) is 16.6. The van der Waals surface area contributed by atoms with Crippen LogP contribution >= 0.6 is 0 Å². The van der Waals surface area contributed by atoms with Crippen LogP contribution in [0.15, 0.2) is 79.1 Å². The van der Waals surface area contributed by atoms with Crippen LogP contribution in [0, 0.1) is 17.8 Å². The molecule has 2 aliphatic heterocycles. The Bertz CT molecular complexity index is 1510. The van der Waals surface area contributed by atoms with Crippen LogP contribution in [0.25, 0.3) is 12.2 Å². The molecule has 10 nitrogen and oxygen atoms in total. The van der Waals surface area contributed by atoms with Crippen LogP contribution in [-0.4, -0.2) is 66.0 Å². The van der Waals surface area contributed by atoms with Gasteiger partial charge < -0.3 is 42.6 Å². The summed E-state index contributed by atoms with van der Waals surface area (Å²) < 4.78 is 50.1. The lowest BCUT2D eigenvalue weighted by Gasteiger charge is -2.40. The molecule has 0 saturated carbocycles. The highest BCUT2D eigenvalue weighted by Crippen LogP contribution is 2.32. The van der Waals surface area contributed by atoms with Crippen LogP contribution < -0.4 is 18.9 Å². The van der Waals surface area contributed by atoms with Crippen molar-refractivity contribution < 1.29 is 47.4 Å². The second kappa shape index (κ2) is 17.9. The summed E-state index contributed by atoms with van der Waals surface area (Å²) in [6.45, 7) is 10.8. The molecule has 0 N–H and O–H groups in total. The van der Waals surface area contributed by atoms with Gasteiger partial charge >= 0.3 is 5.97 Å². The molecule has 0 aromatic heterocycles. The zero-order valence-electron chi connectivity index (χ0n) is 28.5. The summed E-state index contributed by atoms with van der Waals surface area (Å²) in [4.78, 5) is 12.5. The van der Waals surface area contributed by atoms with Gasteiger partial charge in [0.05, 0.1) is 45.9 Å². The van der Waals surface area contributed by atoms with Crippen molar-refractivity contribution in [2.24, 2.45) is 10.8 Å². The highest BCUT2D eigenvalue weighted by molar-refractivity contribution is 5.88. The van der Waals surface area contributed by atoms with E-state index in [1.54, 1.807) is 30.5 Å². The normalized spacial score (nSPS) is 16.1. The molecule has 0 bridgehead atoms. The fourth-order valence-corrected chi connectivity index (χ4v) is 5.05. The Hall–Kier alpha value is -4.35. The molecule has 2 heterocycles. The van der Waals surface area contributed by atoms with Gasteiger partial charge in [-0.05, 0) is 91.1 Å². The molecule has 0 unspecified atom stereocenters. The molecule has 10 heteroatoms. The second-order valence-electron chi connectivity index (χ2n) is 12.5. The first-order valence-electron chi connectivity index (χ1n) is 16.6. The maximum Gasteiger partial charge on any atom is 0.336 e. The third-order valence-corrected chi connectivity index (χ3v) is 8.75. The molecule has 0 aliphatic carbocycles. The third-order valence-electron chi connectivity index (χ3n) is 8.75. The molecule has 2 fully saturated rings. The van der Waals surface area contributed by atoms with Gasteiger partial charge in [0.15, 0.2) is 13.6 Å². The van der Waals surface area contributed by atoms with Crippen LogP contribution in [0.3, 0.4) is 0 Å². The van der Waals surface area contributed by atoms with Gasteiger partial charge in [-0.3, -0.25) is 0 Å². The summed E-state index contributed by atoms with van der Waals surface area (Å²) in [6.07, 6.45) is 8.53. The van der Waals surface area contributed by atoms with E-state index in [0.717, 1.165) is 61.7 Å². The predicted molar refractivity (Wildman–Crippen MR) is 184 cm³/mol. The van der Waals surface area contributed by atoms with E-state index in [1.165, 1.54) is 6.08 Å². The first kappa shape index (κ1) is 35.9. The molecule has 0 spiro atoms. The first-order chi connectivity index (χ1) is 23.9. The third kappa shape index (κ3) is 10.8. The Morgan fingerprint density at radius 2 is 1.20 bits per heavy atom. The average molecular weight is 675 g/mol. The van der Waals surface area contributed by atoms with Crippen LogP contribution in [0.2, 0.25) is 0 Å². The predicted octanol–water partition coefficient (Wildman–Crippen LogP) is 7.20. The van der Waals surface area contributed by atoms with Crippen molar-refractivity contribution in [2.45, 2.75) is 33.6 Å². The van der Waals surface area contributed by atoms with Crippen molar-refractivity contribution >= 4 is 18.1 Å². The molecule has 2 saturated heterocycles. The number of esters is 1. The van der Waals surface area contributed by atoms with Crippen molar-refractivity contribution in [1.82, 2.24) is 0 Å². The molecule has 262 valence electrons. The fraction of sp³-hybridized carbons (Fsp3) is 0.410. The number of ether oxygens (including phenoxy) is 9. The summed E-state index contributed by atoms with van der Waals surface area (Å²) >= 11 is 0. The lowest BCUT2D eigenvalue weighted by atomic mass is 9.84. The highest BCUT2D eigenvalue weighted by Gasteiger charge is 2.37. The van der Waals surface area contributed by atoms with Gasteiger partial charge in [0.25, 0.3) is 0 Å². The van der Waals surface area contributed by atoms with Gasteiger partial charge in [0.1, 0.15) is 23.0 Å². The monoisotopic (exact) mass is 674 g/mol. The molecule has 0 amide bonds. The zero-order valence-corrected chi connectivity index (χ0v) is 28.5. The van der Waals surface area contributed by atoms with Gasteiger partial charge in [-0.1, -0.05) is 38.1 Å². The largest absolute Gasteiger partial charge is 0.468 e. The van der Waals surface area contributed by atoms with Crippen LogP contribution in [-0.2, 0) is 28.5 Å². The average Bonchev–Trinajstić information content (AvgIpc) is 3.08. The smallest absolute Gasteiger partial charge is 0.336 e. The fourth-order valence-electron chi connectivity index (χ4n) is 5.05. The maximum atomic E-state index is 12.5. The minimum atomic E-state index is -0.485. The van der Waals surface area contributed by atoms with E-state index in [2.05, 4.69) is 13.8 Å². The highest BCUT2D eigenvalue weighted by atomic mass is 16.7. The van der Waals surface area contributed by atoms with Crippen molar-refractivity contribution in [3.8, 4) is 23.0 Å². The second-order valence-corrected chi connectivity index (χ2v) is 12.5. The maximum absolute atomic E-state index is 12.5. The topological polar surface area (TPSA) is 100 Å². The Morgan fingerprint density at radius 3 is 1.69 bits per heavy atom. The Morgan fingerprint density at radius 1 is 0.694 bits per heavy atom. The molecule has 2 aliphatic rings. The number of carbonyl (C=O) groups is 1. The van der Waals surface area contributed by atoms with E-state index in [0.29, 0.717) is 30.5 Å². The number of aryl methyl sites for hydroxylation is 1. The van der Waals surface area contributed by atoms with Gasteiger partial charge in [-0.2, -0.15) is 0 Å². The lowest BCUT2D eigenvalue weighted by Crippen LogP contribution is -2.45. The van der Waals surface area contributed by atoms with Crippen LogP contribution in [0.5, 0.6) is 23.0 Å². The van der Waals surface area contributed by atoms with Crippen LogP contribution in [0.1, 0.15) is 43.4 Å². The van der Waals surface area contributed by atoms with Gasteiger partial charge in [-0.25, -0.2) is 4.79 Å². The molecule has 3 aromatic rings. The quantitative estimate of drug-likeness (QED) is 0.0306. The molecule has 0 radical (unpaired) electrons. The summed E-state index contributed by atoms with van der Waals surface area (Å²) in [5, 5.41) is 0. The van der Waals surface area contributed by atoms with E-state index in [-0.39, 0.29) is 31.2 Å². The molecular formula is C39H46O10. The standard InChI is InChI=1S/C39H46O10/c1-4-38(21-42-22-38)25-44-28-46-33-11-6-31(7-12-33)10-17-37(40)49-36-16-15-35(20-30(36)3)48-27-41-19-18-32-8-13-34(14-9-32)47-29-45-26-39(5-2)23-43-24-39/h6-20H,4-5,21-29H2,1-3H3. The molecule has 5 rings (SSSR count). The number of benzene rings is 3. The minimum absolute atomic E-state index is 0.0203. The van der Waals surface area contributed by atoms with Crippen molar-refractivity contribution in [2.75, 3.05) is 60.0 Å². The number of rotatable bonds is 20. The summed E-state index contributed by atoms with van der Waals surface area (Å²) in [5.74, 6) is 1.97. The van der Waals surface area contributed by atoms with Crippen molar-refractivity contribution in [3.05, 3.63) is 95.8 Å². The molecule has 0 atom stereocenters. The Labute approximate surface area is 288 Å². The number of carbonyl (C=O) groups excluding carboxylic acids is 1. The van der Waals surface area contributed by atoms with E-state index < -0.39 is 5.97 Å². The van der Waals surface area contributed by atoms with E-state index in [1.807, 2.05) is 61.5 Å². The van der Waals surface area contributed by atoms with Gasteiger partial charge in [-0.15, -0.1) is 0 Å². The lowest BCUT2D eigenvalue weighted by molar-refractivity contribution is -0.162. The van der Waals surface area contributed by atoms with Crippen molar-refractivity contribution in [3.63, 3.8) is 0 Å². The number of hydrogen-bond acceptors (Lipinski definition) is 10. The van der Waals surface area contributed by atoms with Crippen LogP contribution in [0.4, 0.5) is 0 Å². The van der Waals surface area contributed by atoms with E-state index >= 15 is 0 Å². The van der Waals surface area contributed by atoms with E-state index in [9.17, 15) is 4.79 Å². The van der Waals surface area contributed by atoms with Gasteiger partial charge in [0, 0.05) is 16.9 Å². The Kier molecular flexibility index (Phi) is 13.1. The zero-order chi connectivity index (χ0) is 34.4. The summed E-state index contributed by atoms with van der Waals surface area (Å²) in [7, 11) is 0. The summed E-state index contributed by atoms with van der Waals surface area (Å²) in [5.41, 5.74) is 2.81. The molecular weight excluding hydrogens is 628 g/mol. The summed E-state index contributed by atoms with van der Waals surface area (Å²) in [6, 6.07) is 20.2. The number of hydrogen-bond donors (Lipinski definition) is 0. The van der Waals surface area contributed by atoms with Crippen molar-refractivity contribution in [1.29, 1.82) is 0 Å². The van der Waals surface area contributed by atoms with Gasteiger partial charge in [0.2, 0.25) is 6.79 Å². The SMILES string of the molecule is CCC1(COCOc2ccc(C=COCOc3ccc(OC(=O)C=Cc4ccc(OCOCC5(CC)COC5)cc4)c(C)c3)cc2)COC1. The molecule has 49 heavy (non-hydrogen) atoms. The molecule has 3 aromatic carbocycles. The Balaban J connectivity index is 0.958. The minimum Gasteiger partial charge on any atom is -0.468 e.